The van der Waals surface area contributed by atoms with Gasteiger partial charge in [0.2, 0.25) is 0 Å². The maximum absolute atomic E-state index is 13.2. The normalized spacial score (nSPS) is 13.9. The minimum absolute atomic E-state index is 0.390. The van der Waals surface area contributed by atoms with Gasteiger partial charge < -0.3 is 28.6 Å². The lowest BCUT2D eigenvalue weighted by atomic mass is 9.79. The summed E-state index contributed by atoms with van der Waals surface area (Å²) in [5.41, 5.74) is 4.18. The molecule has 3 rings (SSSR count). The minimum atomic E-state index is -0.690. The summed E-state index contributed by atoms with van der Waals surface area (Å²) in [6.45, 7) is 4.41. The number of hydrogen-bond donors (Lipinski definition) is 0. The molecule has 0 N–H and O–H groups in total. The van der Waals surface area contributed by atoms with Gasteiger partial charge in [0.15, 0.2) is 11.5 Å². The zero-order valence-corrected chi connectivity index (χ0v) is 23.3. The van der Waals surface area contributed by atoms with Crippen LogP contribution in [0.4, 0.5) is 0 Å². The van der Waals surface area contributed by atoms with E-state index < -0.39 is 17.9 Å². The summed E-state index contributed by atoms with van der Waals surface area (Å²) in [7, 11) is 7.44. The summed E-state index contributed by atoms with van der Waals surface area (Å²) in [6, 6.07) is 13.4. The summed E-state index contributed by atoms with van der Waals surface area (Å²) in [6.07, 6.45) is 2.69. The Morgan fingerprint density at radius 3 is 1.82 bits per heavy atom. The molecule has 8 heteroatoms. The molecule has 2 aromatic carbocycles. The van der Waals surface area contributed by atoms with Crippen molar-refractivity contribution in [3.05, 3.63) is 76.1 Å². The van der Waals surface area contributed by atoms with Gasteiger partial charge in [-0.25, -0.2) is 9.59 Å². The van der Waals surface area contributed by atoms with Crippen LogP contribution in [0, 0.1) is 0 Å². The topological polar surface area (TPSA) is 83.5 Å². The van der Waals surface area contributed by atoms with Gasteiger partial charge in [-0.15, -0.1) is 0 Å². The Morgan fingerprint density at radius 1 is 0.737 bits per heavy atom. The molecule has 0 aliphatic carbocycles. The fourth-order valence-electron chi connectivity index (χ4n) is 4.95. The van der Waals surface area contributed by atoms with E-state index >= 15 is 0 Å². The van der Waals surface area contributed by atoms with E-state index in [1.54, 1.807) is 33.5 Å². The number of ether oxygens (including phenoxy) is 5. The molecule has 2 aromatic rings. The lowest BCUT2D eigenvalue weighted by molar-refractivity contribution is -0.137. The highest BCUT2D eigenvalue weighted by Crippen LogP contribution is 2.44. The van der Waals surface area contributed by atoms with Crippen molar-refractivity contribution in [3.63, 3.8) is 0 Å². The highest BCUT2D eigenvalue weighted by molar-refractivity contribution is 5.99. The number of allylic oxidation sites excluding steroid dienone is 2. The molecule has 0 bridgehead atoms. The zero-order chi connectivity index (χ0) is 27.8. The molecule has 0 atom stereocenters. The maximum Gasteiger partial charge on any atom is 0.336 e. The van der Waals surface area contributed by atoms with Crippen LogP contribution in [-0.2, 0) is 25.5 Å². The van der Waals surface area contributed by atoms with Gasteiger partial charge in [0.05, 0.1) is 52.6 Å². The molecule has 0 saturated heterocycles. The highest BCUT2D eigenvalue weighted by atomic mass is 16.5. The van der Waals surface area contributed by atoms with Gasteiger partial charge in [-0.3, -0.25) is 0 Å². The number of rotatable bonds is 11. The highest BCUT2D eigenvalue weighted by Gasteiger charge is 2.40. The Balaban J connectivity index is 1.97. The van der Waals surface area contributed by atoms with Crippen molar-refractivity contribution in [1.82, 2.24) is 4.90 Å². The van der Waals surface area contributed by atoms with E-state index in [0.29, 0.717) is 34.8 Å². The Labute approximate surface area is 224 Å². The first kappa shape index (κ1) is 28.6. The molecule has 38 heavy (non-hydrogen) atoms. The standard InChI is InChI=1S/C30H37NO7/c1-19-26(29(32)37-6)28(22-13-16-24(35-4)25(18-22)36-5)27(30(33)38-7)20(2)31(19)17-9-8-10-21-11-14-23(34-3)15-12-21/h11-16,18,28H,8-10,17H2,1-7H3. The molecule has 0 fully saturated rings. The molecular weight excluding hydrogens is 486 g/mol. The number of hydrogen-bond acceptors (Lipinski definition) is 8. The monoisotopic (exact) mass is 523 g/mol. The van der Waals surface area contributed by atoms with Gasteiger partial charge in [-0.05, 0) is 68.5 Å². The summed E-state index contributed by atoms with van der Waals surface area (Å²) >= 11 is 0. The number of nitrogens with zero attached hydrogens (tertiary/aromatic N) is 1. The maximum atomic E-state index is 13.2. The number of carbonyl (C=O) groups is 2. The van der Waals surface area contributed by atoms with E-state index in [4.69, 9.17) is 23.7 Å². The molecule has 1 heterocycles. The molecular formula is C30H37NO7. The first-order valence-corrected chi connectivity index (χ1v) is 12.5. The van der Waals surface area contributed by atoms with E-state index in [-0.39, 0.29) is 0 Å². The van der Waals surface area contributed by atoms with Crippen LogP contribution in [0.25, 0.3) is 0 Å². The van der Waals surface area contributed by atoms with E-state index in [1.807, 2.05) is 36.9 Å². The first-order chi connectivity index (χ1) is 18.3. The summed E-state index contributed by atoms with van der Waals surface area (Å²) in [5, 5.41) is 0. The third-order valence-corrected chi connectivity index (χ3v) is 6.97. The van der Waals surface area contributed by atoms with Gasteiger partial charge in [-0.2, -0.15) is 0 Å². The van der Waals surface area contributed by atoms with Crippen LogP contribution >= 0.6 is 0 Å². The lowest BCUT2D eigenvalue weighted by Gasteiger charge is -2.38. The number of benzene rings is 2. The number of unbranched alkanes of at least 4 members (excludes halogenated alkanes) is 1. The van der Waals surface area contributed by atoms with Gasteiger partial charge in [0, 0.05) is 17.9 Å². The van der Waals surface area contributed by atoms with Crippen molar-refractivity contribution in [2.75, 3.05) is 42.1 Å². The second-order valence-corrected chi connectivity index (χ2v) is 8.99. The van der Waals surface area contributed by atoms with E-state index in [0.717, 1.165) is 36.4 Å². The van der Waals surface area contributed by atoms with Crippen molar-refractivity contribution in [1.29, 1.82) is 0 Å². The summed E-state index contributed by atoms with van der Waals surface area (Å²) in [5.74, 6) is 0.184. The Bertz CT molecular complexity index is 1170. The second-order valence-electron chi connectivity index (χ2n) is 8.99. The van der Waals surface area contributed by atoms with E-state index in [1.165, 1.54) is 19.8 Å². The van der Waals surface area contributed by atoms with Crippen LogP contribution < -0.4 is 14.2 Å². The van der Waals surface area contributed by atoms with Crippen LogP contribution in [0.1, 0.15) is 43.7 Å². The Kier molecular flexibility index (Phi) is 9.82. The third-order valence-electron chi connectivity index (χ3n) is 6.97. The van der Waals surface area contributed by atoms with Crippen LogP contribution in [0.3, 0.4) is 0 Å². The molecule has 1 aliphatic rings. The van der Waals surface area contributed by atoms with Crippen molar-refractivity contribution >= 4 is 11.9 Å². The molecule has 1 aliphatic heterocycles. The smallest absolute Gasteiger partial charge is 0.336 e. The fraction of sp³-hybridized carbons (Fsp3) is 0.400. The van der Waals surface area contributed by atoms with Crippen LogP contribution in [-0.4, -0.2) is 58.9 Å². The molecule has 0 aromatic heterocycles. The first-order valence-electron chi connectivity index (χ1n) is 12.5. The summed E-state index contributed by atoms with van der Waals surface area (Å²) in [4.78, 5) is 28.4. The number of methoxy groups -OCH3 is 5. The molecule has 204 valence electrons. The third kappa shape index (κ3) is 5.96. The SMILES string of the molecule is COC(=O)C1=C(C)N(CCCCc2ccc(OC)cc2)C(C)=C(C(=O)OC)C1c1ccc(OC)c(OC)c1. The van der Waals surface area contributed by atoms with E-state index in [2.05, 4.69) is 12.1 Å². The van der Waals surface area contributed by atoms with Crippen LogP contribution in [0.15, 0.2) is 65.0 Å². The van der Waals surface area contributed by atoms with Crippen LogP contribution in [0.5, 0.6) is 17.2 Å². The van der Waals surface area contributed by atoms with Crippen molar-refractivity contribution < 1.29 is 33.3 Å². The average molecular weight is 524 g/mol. The Hall–Kier alpha value is -3.94. The van der Waals surface area contributed by atoms with Crippen LogP contribution in [0.2, 0.25) is 0 Å². The van der Waals surface area contributed by atoms with Gasteiger partial charge in [-0.1, -0.05) is 18.2 Å². The second kappa shape index (κ2) is 13.0. The minimum Gasteiger partial charge on any atom is -0.497 e. The molecule has 8 nitrogen and oxygen atoms in total. The summed E-state index contributed by atoms with van der Waals surface area (Å²) < 4.78 is 26.5. The van der Waals surface area contributed by atoms with Crippen molar-refractivity contribution in [3.8, 4) is 17.2 Å². The number of carbonyl (C=O) groups excluding carboxylic acids is 2. The van der Waals surface area contributed by atoms with Gasteiger partial charge in [0.1, 0.15) is 5.75 Å². The lowest BCUT2D eigenvalue weighted by Crippen LogP contribution is -2.35. The molecule has 0 radical (unpaired) electrons. The largest absolute Gasteiger partial charge is 0.497 e. The molecule has 0 amide bonds. The molecule has 0 spiro atoms. The van der Waals surface area contributed by atoms with Crippen molar-refractivity contribution in [2.24, 2.45) is 0 Å². The number of esters is 2. The van der Waals surface area contributed by atoms with Gasteiger partial charge in [0.25, 0.3) is 0 Å². The van der Waals surface area contributed by atoms with Crippen molar-refractivity contribution in [2.45, 2.75) is 39.0 Å². The average Bonchev–Trinajstić information content (AvgIpc) is 2.95. The predicted molar refractivity (Wildman–Crippen MR) is 144 cm³/mol. The zero-order valence-electron chi connectivity index (χ0n) is 23.3. The predicted octanol–water partition coefficient (Wildman–Crippen LogP) is 5.03. The molecule has 0 unspecified atom stereocenters. The quantitative estimate of drug-likeness (QED) is 0.300. The Morgan fingerprint density at radius 2 is 1.32 bits per heavy atom. The number of aryl methyl sites for hydroxylation is 1. The fourth-order valence-corrected chi connectivity index (χ4v) is 4.95. The molecule has 0 saturated carbocycles. The van der Waals surface area contributed by atoms with E-state index in [9.17, 15) is 9.59 Å². The van der Waals surface area contributed by atoms with Gasteiger partial charge >= 0.3 is 11.9 Å².